The Balaban J connectivity index is 2.69. The molecule has 0 saturated heterocycles. The van der Waals surface area contributed by atoms with Crippen LogP contribution in [-0.4, -0.2) is 13.1 Å². The summed E-state index contributed by atoms with van der Waals surface area (Å²) in [6.45, 7) is 8.42. The van der Waals surface area contributed by atoms with Crippen LogP contribution >= 0.6 is 0 Å². The highest BCUT2D eigenvalue weighted by Gasteiger charge is 1.87. The second-order valence-electron chi connectivity index (χ2n) is 3.02. The Kier molecular flexibility index (Phi) is 9.92. The topological polar surface area (TPSA) is 12.0 Å². The molecule has 1 radical (unpaired) electrons. The van der Waals surface area contributed by atoms with E-state index < -0.39 is 0 Å². The van der Waals surface area contributed by atoms with Crippen molar-refractivity contribution in [3.8, 4) is 0 Å². The maximum atomic E-state index is 3.81. The summed E-state index contributed by atoms with van der Waals surface area (Å²) in [7, 11) is 0. The molecule has 0 fully saturated rings. The number of nitrogens with one attached hydrogen (secondary N) is 1. The average Bonchev–Trinajstić information content (AvgIpc) is 2.03. The molecule has 0 aromatic heterocycles. The lowest BCUT2D eigenvalue weighted by atomic mass is 10.2. The molecule has 0 atom stereocenters. The molecule has 0 unspecified atom stereocenters. The number of hydrogen-bond acceptors (Lipinski definition) is 1. The molecule has 11 heavy (non-hydrogen) atoms. The first-order chi connectivity index (χ1) is 5.41. The molecule has 0 aromatic carbocycles. The van der Waals surface area contributed by atoms with E-state index in [0.717, 1.165) is 6.42 Å². The molecule has 0 aliphatic rings. The van der Waals surface area contributed by atoms with E-state index >= 15 is 0 Å². The second-order valence-corrected chi connectivity index (χ2v) is 3.02. The minimum Gasteiger partial charge on any atom is -0.317 e. The molecule has 0 aliphatic carbocycles. The van der Waals surface area contributed by atoms with Crippen molar-refractivity contribution in [1.82, 2.24) is 5.32 Å². The van der Waals surface area contributed by atoms with Crippen molar-refractivity contribution in [3.05, 3.63) is 6.92 Å². The van der Waals surface area contributed by atoms with Gasteiger partial charge in [0.05, 0.1) is 0 Å². The summed E-state index contributed by atoms with van der Waals surface area (Å²) in [5.74, 6) is 0. The first kappa shape index (κ1) is 11.0. The SMILES string of the molecule is [CH2]CCCCNCCCCC. The van der Waals surface area contributed by atoms with Gasteiger partial charge in [-0.25, -0.2) is 0 Å². The zero-order valence-electron chi connectivity index (χ0n) is 7.86. The lowest BCUT2D eigenvalue weighted by Gasteiger charge is -2.02. The van der Waals surface area contributed by atoms with E-state index in [4.69, 9.17) is 0 Å². The van der Waals surface area contributed by atoms with Crippen molar-refractivity contribution in [2.45, 2.75) is 45.4 Å². The Morgan fingerprint density at radius 3 is 2.18 bits per heavy atom. The summed E-state index contributed by atoms with van der Waals surface area (Å²) in [4.78, 5) is 0. The van der Waals surface area contributed by atoms with Crippen LogP contribution in [0, 0.1) is 6.92 Å². The maximum absolute atomic E-state index is 3.81. The minimum absolute atomic E-state index is 1.08. The average molecular weight is 156 g/mol. The summed E-state index contributed by atoms with van der Waals surface area (Å²) >= 11 is 0. The number of unbranched alkanes of at least 4 members (excludes halogenated alkanes) is 4. The van der Waals surface area contributed by atoms with Crippen LogP contribution in [0.1, 0.15) is 45.4 Å². The predicted octanol–water partition coefficient (Wildman–Crippen LogP) is 2.77. The molecular weight excluding hydrogens is 134 g/mol. The summed E-state index contributed by atoms with van der Waals surface area (Å²) in [6.07, 6.45) is 7.65. The molecule has 0 spiro atoms. The Labute approximate surface area is 71.6 Å². The van der Waals surface area contributed by atoms with E-state index in [0.29, 0.717) is 0 Å². The monoisotopic (exact) mass is 156 g/mol. The van der Waals surface area contributed by atoms with Gasteiger partial charge in [-0.05, 0) is 25.9 Å². The largest absolute Gasteiger partial charge is 0.317 e. The predicted molar refractivity (Wildman–Crippen MR) is 51.6 cm³/mol. The molecule has 1 N–H and O–H groups in total. The standard InChI is InChI=1S/C10H22N/c1-3-5-7-9-11-10-8-6-4-2/h11H,1,3-10H2,2H3. The van der Waals surface area contributed by atoms with Gasteiger partial charge in [0.1, 0.15) is 0 Å². The van der Waals surface area contributed by atoms with Crippen molar-refractivity contribution < 1.29 is 0 Å². The van der Waals surface area contributed by atoms with Gasteiger partial charge >= 0.3 is 0 Å². The number of hydrogen-bond donors (Lipinski definition) is 1. The third-order valence-electron chi connectivity index (χ3n) is 1.81. The third kappa shape index (κ3) is 9.96. The molecule has 67 valence electrons. The minimum atomic E-state index is 1.08. The summed E-state index contributed by atoms with van der Waals surface area (Å²) in [5, 5.41) is 3.43. The quantitative estimate of drug-likeness (QED) is 0.533. The maximum Gasteiger partial charge on any atom is -0.00489 e. The Hall–Kier alpha value is -0.0400. The van der Waals surface area contributed by atoms with Gasteiger partial charge in [-0.1, -0.05) is 39.5 Å². The van der Waals surface area contributed by atoms with Gasteiger partial charge in [-0.3, -0.25) is 0 Å². The van der Waals surface area contributed by atoms with E-state index in [2.05, 4.69) is 19.2 Å². The van der Waals surface area contributed by atoms with Crippen molar-refractivity contribution in [2.75, 3.05) is 13.1 Å². The van der Waals surface area contributed by atoms with Crippen molar-refractivity contribution >= 4 is 0 Å². The van der Waals surface area contributed by atoms with Crippen LogP contribution in [0.4, 0.5) is 0 Å². The first-order valence-corrected chi connectivity index (χ1v) is 4.91. The molecule has 0 rings (SSSR count). The Morgan fingerprint density at radius 2 is 1.64 bits per heavy atom. The normalized spacial score (nSPS) is 10.4. The van der Waals surface area contributed by atoms with Crippen molar-refractivity contribution in [3.63, 3.8) is 0 Å². The highest BCUT2D eigenvalue weighted by Crippen LogP contribution is 1.93. The molecule has 0 aliphatic heterocycles. The van der Waals surface area contributed by atoms with Crippen LogP contribution in [0.3, 0.4) is 0 Å². The molecule has 0 saturated carbocycles. The van der Waals surface area contributed by atoms with E-state index in [1.165, 1.54) is 45.2 Å². The van der Waals surface area contributed by atoms with Gasteiger partial charge in [0, 0.05) is 0 Å². The van der Waals surface area contributed by atoms with Crippen molar-refractivity contribution in [2.24, 2.45) is 0 Å². The summed E-state index contributed by atoms with van der Waals surface area (Å²) < 4.78 is 0. The van der Waals surface area contributed by atoms with Crippen molar-refractivity contribution in [1.29, 1.82) is 0 Å². The lowest BCUT2D eigenvalue weighted by Crippen LogP contribution is -2.16. The molecule has 0 heterocycles. The van der Waals surface area contributed by atoms with Crippen LogP contribution in [-0.2, 0) is 0 Å². The molecule has 1 heteroatoms. The number of rotatable bonds is 8. The van der Waals surface area contributed by atoms with Gasteiger partial charge in [0.25, 0.3) is 0 Å². The smallest absolute Gasteiger partial charge is 0.00489 e. The van der Waals surface area contributed by atoms with Crippen LogP contribution in [0.25, 0.3) is 0 Å². The van der Waals surface area contributed by atoms with Gasteiger partial charge in [0.15, 0.2) is 0 Å². The molecule has 0 aromatic rings. The first-order valence-electron chi connectivity index (χ1n) is 4.91. The zero-order chi connectivity index (χ0) is 8.36. The Morgan fingerprint density at radius 1 is 1.00 bits per heavy atom. The van der Waals surface area contributed by atoms with Crippen LogP contribution < -0.4 is 5.32 Å². The van der Waals surface area contributed by atoms with Gasteiger partial charge in [0.2, 0.25) is 0 Å². The fraction of sp³-hybridized carbons (Fsp3) is 0.900. The molecule has 0 amide bonds. The highest BCUT2D eigenvalue weighted by atomic mass is 14.8. The third-order valence-corrected chi connectivity index (χ3v) is 1.81. The summed E-state index contributed by atoms with van der Waals surface area (Å²) in [5.41, 5.74) is 0. The van der Waals surface area contributed by atoms with E-state index in [-0.39, 0.29) is 0 Å². The van der Waals surface area contributed by atoms with Crippen LogP contribution in [0.2, 0.25) is 0 Å². The summed E-state index contributed by atoms with van der Waals surface area (Å²) in [6, 6.07) is 0. The molecule has 0 bridgehead atoms. The lowest BCUT2D eigenvalue weighted by molar-refractivity contribution is 0.588. The van der Waals surface area contributed by atoms with Crippen LogP contribution in [0.15, 0.2) is 0 Å². The van der Waals surface area contributed by atoms with E-state index in [1.54, 1.807) is 0 Å². The van der Waals surface area contributed by atoms with E-state index in [1.807, 2.05) is 0 Å². The van der Waals surface area contributed by atoms with Gasteiger partial charge in [-0.15, -0.1) is 0 Å². The zero-order valence-corrected chi connectivity index (χ0v) is 7.86. The van der Waals surface area contributed by atoms with Gasteiger partial charge < -0.3 is 5.32 Å². The van der Waals surface area contributed by atoms with Gasteiger partial charge in [-0.2, -0.15) is 0 Å². The van der Waals surface area contributed by atoms with E-state index in [9.17, 15) is 0 Å². The van der Waals surface area contributed by atoms with Crippen LogP contribution in [0.5, 0.6) is 0 Å². The molecule has 1 nitrogen and oxygen atoms in total. The highest BCUT2D eigenvalue weighted by molar-refractivity contribution is 4.49. The fourth-order valence-corrected chi connectivity index (χ4v) is 1.05. The fourth-order valence-electron chi connectivity index (χ4n) is 1.05. The molecular formula is C10H22N. The Bertz CT molecular complexity index is 53.9. The second kappa shape index (κ2) is 9.96.